The highest BCUT2D eigenvalue weighted by molar-refractivity contribution is 6.29. The molecule has 3 rings (SSSR count). The van der Waals surface area contributed by atoms with Crippen LogP contribution in [0.5, 0.6) is 0 Å². The first-order valence-electron chi connectivity index (χ1n) is 7.58. The molecule has 8 heteroatoms. The molecule has 0 aliphatic carbocycles. The molecule has 0 spiro atoms. The van der Waals surface area contributed by atoms with E-state index >= 15 is 0 Å². The highest BCUT2D eigenvalue weighted by atomic mass is 35.5. The van der Waals surface area contributed by atoms with E-state index in [1.165, 1.54) is 4.90 Å². The lowest BCUT2D eigenvalue weighted by molar-refractivity contribution is 0.142. The summed E-state index contributed by atoms with van der Waals surface area (Å²) in [5, 5.41) is 9.44. The molecular weight excluding hydrogens is 306 g/mol. The van der Waals surface area contributed by atoms with E-state index in [4.69, 9.17) is 16.7 Å². The van der Waals surface area contributed by atoms with Gasteiger partial charge in [0.05, 0.1) is 0 Å². The number of anilines is 2. The standard InChI is InChI=1S/C14H20ClN5O2/c1-10-3-2-4-20(10)13-16-11(15)9-12(17-13)18-5-7-19(8-6-18)14(21)22/h9-10H,2-8H2,1H3,(H,21,22). The summed E-state index contributed by atoms with van der Waals surface area (Å²) in [5.41, 5.74) is 0. The van der Waals surface area contributed by atoms with Crippen molar-refractivity contribution < 1.29 is 9.90 Å². The van der Waals surface area contributed by atoms with Gasteiger partial charge in [-0.15, -0.1) is 0 Å². The van der Waals surface area contributed by atoms with Gasteiger partial charge in [-0.1, -0.05) is 11.6 Å². The molecule has 3 heterocycles. The lowest BCUT2D eigenvalue weighted by atomic mass is 10.2. The summed E-state index contributed by atoms with van der Waals surface area (Å²) in [6.07, 6.45) is 1.42. The van der Waals surface area contributed by atoms with E-state index in [1.54, 1.807) is 6.07 Å². The number of carboxylic acid groups (broad SMARTS) is 1. The molecule has 2 saturated heterocycles. The Balaban J connectivity index is 1.77. The molecule has 1 aromatic heterocycles. The molecule has 2 fully saturated rings. The van der Waals surface area contributed by atoms with Gasteiger partial charge in [0.15, 0.2) is 0 Å². The van der Waals surface area contributed by atoms with E-state index in [0.717, 1.165) is 25.2 Å². The molecule has 1 atom stereocenters. The molecule has 1 amide bonds. The molecule has 22 heavy (non-hydrogen) atoms. The van der Waals surface area contributed by atoms with Crippen LogP contribution in [0.4, 0.5) is 16.6 Å². The molecule has 1 unspecified atom stereocenters. The van der Waals surface area contributed by atoms with Gasteiger partial charge in [0, 0.05) is 44.8 Å². The average Bonchev–Trinajstić information content (AvgIpc) is 2.93. The summed E-state index contributed by atoms with van der Waals surface area (Å²) in [7, 11) is 0. The van der Waals surface area contributed by atoms with Crippen LogP contribution >= 0.6 is 11.6 Å². The quantitative estimate of drug-likeness (QED) is 0.837. The molecule has 0 saturated carbocycles. The Labute approximate surface area is 134 Å². The van der Waals surface area contributed by atoms with Gasteiger partial charge < -0.3 is 19.8 Å². The zero-order valence-electron chi connectivity index (χ0n) is 12.6. The fourth-order valence-electron chi connectivity index (χ4n) is 3.04. The zero-order chi connectivity index (χ0) is 15.7. The van der Waals surface area contributed by atoms with Crippen molar-refractivity contribution in [3.05, 3.63) is 11.2 Å². The molecular formula is C14H20ClN5O2. The number of nitrogens with zero attached hydrogens (tertiary/aromatic N) is 5. The molecule has 2 aliphatic heterocycles. The van der Waals surface area contributed by atoms with Crippen LogP contribution in [0, 0.1) is 0 Å². The summed E-state index contributed by atoms with van der Waals surface area (Å²) in [6.45, 7) is 5.32. The van der Waals surface area contributed by atoms with Crippen molar-refractivity contribution in [3.63, 3.8) is 0 Å². The van der Waals surface area contributed by atoms with Crippen LogP contribution in [0.1, 0.15) is 19.8 Å². The Kier molecular flexibility index (Phi) is 4.24. The summed E-state index contributed by atoms with van der Waals surface area (Å²) in [6, 6.07) is 2.18. The third-order valence-corrected chi connectivity index (χ3v) is 4.55. The minimum absolute atomic E-state index is 0.426. The van der Waals surface area contributed by atoms with Gasteiger partial charge in [0.1, 0.15) is 11.0 Å². The normalized spacial score (nSPS) is 22.3. The molecule has 120 valence electrons. The van der Waals surface area contributed by atoms with Crippen molar-refractivity contribution in [3.8, 4) is 0 Å². The Morgan fingerprint density at radius 3 is 2.59 bits per heavy atom. The van der Waals surface area contributed by atoms with Gasteiger partial charge in [-0.05, 0) is 19.8 Å². The van der Waals surface area contributed by atoms with Crippen LogP contribution in [-0.4, -0.2) is 64.8 Å². The van der Waals surface area contributed by atoms with Crippen molar-refractivity contribution in [2.45, 2.75) is 25.8 Å². The van der Waals surface area contributed by atoms with Gasteiger partial charge in [-0.2, -0.15) is 4.98 Å². The van der Waals surface area contributed by atoms with Gasteiger partial charge in [0.2, 0.25) is 5.95 Å². The Morgan fingerprint density at radius 2 is 2.00 bits per heavy atom. The minimum Gasteiger partial charge on any atom is -0.465 e. The number of amides is 1. The van der Waals surface area contributed by atoms with Crippen molar-refractivity contribution in [2.75, 3.05) is 42.5 Å². The Bertz CT molecular complexity index is 562. The molecule has 0 radical (unpaired) electrons. The van der Waals surface area contributed by atoms with E-state index in [0.29, 0.717) is 43.3 Å². The van der Waals surface area contributed by atoms with Crippen molar-refractivity contribution in [1.29, 1.82) is 0 Å². The topological polar surface area (TPSA) is 72.8 Å². The number of rotatable bonds is 2. The third-order valence-electron chi connectivity index (χ3n) is 4.35. The maximum Gasteiger partial charge on any atom is 0.407 e. The Hall–Kier alpha value is -1.76. The highest BCUT2D eigenvalue weighted by Crippen LogP contribution is 2.26. The molecule has 0 aromatic carbocycles. The number of hydrogen-bond donors (Lipinski definition) is 1. The molecule has 0 bridgehead atoms. The first kappa shape index (κ1) is 15.1. The molecule has 1 aromatic rings. The highest BCUT2D eigenvalue weighted by Gasteiger charge is 2.26. The van der Waals surface area contributed by atoms with Crippen LogP contribution in [0.15, 0.2) is 6.07 Å². The summed E-state index contributed by atoms with van der Waals surface area (Å²) in [5.74, 6) is 1.45. The smallest absolute Gasteiger partial charge is 0.407 e. The van der Waals surface area contributed by atoms with E-state index in [-0.39, 0.29) is 0 Å². The molecule has 7 nitrogen and oxygen atoms in total. The van der Waals surface area contributed by atoms with Crippen molar-refractivity contribution >= 4 is 29.5 Å². The van der Waals surface area contributed by atoms with Gasteiger partial charge in [0.25, 0.3) is 0 Å². The van der Waals surface area contributed by atoms with Crippen LogP contribution in [0.25, 0.3) is 0 Å². The lowest BCUT2D eigenvalue weighted by Crippen LogP contribution is -2.48. The van der Waals surface area contributed by atoms with E-state index in [2.05, 4.69) is 26.7 Å². The fraction of sp³-hybridized carbons (Fsp3) is 0.643. The van der Waals surface area contributed by atoms with Crippen molar-refractivity contribution in [2.24, 2.45) is 0 Å². The first-order valence-corrected chi connectivity index (χ1v) is 7.96. The monoisotopic (exact) mass is 325 g/mol. The summed E-state index contributed by atoms with van der Waals surface area (Å²) >= 11 is 6.17. The lowest BCUT2D eigenvalue weighted by Gasteiger charge is -2.34. The minimum atomic E-state index is -0.869. The predicted octanol–water partition coefficient (Wildman–Crippen LogP) is 1.92. The van der Waals surface area contributed by atoms with Crippen LogP contribution in [-0.2, 0) is 0 Å². The SMILES string of the molecule is CC1CCCN1c1nc(Cl)cc(N2CCN(C(=O)O)CC2)n1. The number of halogens is 1. The number of aromatic nitrogens is 2. The maximum atomic E-state index is 11.0. The van der Waals surface area contributed by atoms with E-state index in [1.807, 2.05) is 0 Å². The van der Waals surface area contributed by atoms with Gasteiger partial charge in [-0.3, -0.25) is 0 Å². The fourth-order valence-corrected chi connectivity index (χ4v) is 3.21. The molecule has 1 N–H and O–H groups in total. The second-order valence-electron chi connectivity index (χ2n) is 5.79. The van der Waals surface area contributed by atoms with Crippen LogP contribution < -0.4 is 9.80 Å². The third kappa shape index (κ3) is 3.04. The number of hydrogen-bond acceptors (Lipinski definition) is 5. The molecule has 2 aliphatic rings. The number of carbonyl (C=O) groups is 1. The van der Waals surface area contributed by atoms with E-state index < -0.39 is 6.09 Å². The van der Waals surface area contributed by atoms with E-state index in [9.17, 15) is 4.79 Å². The number of piperazine rings is 1. The van der Waals surface area contributed by atoms with Gasteiger partial charge >= 0.3 is 6.09 Å². The van der Waals surface area contributed by atoms with Crippen LogP contribution in [0.3, 0.4) is 0 Å². The maximum absolute atomic E-state index is 11.0. The summed E-state index contributed by atoms with van der Waals surface area (Å²) in [4.78, 5) is 25.6. The first-order chi connectivity index (χ1) is 10.5. The second kappa shape index (κ2) is 6.16. The average molecular weight is 326 g/mol. The Morgan fingerprint density at radius 1 is 1.27 bits per heavy atom. The second-order valence-corrected chi connectivity index (χ2v) is 6.18. The zero-order valence-corrected chi connectivity index (χ0v) is 13.3. The van der Waals surface area contributed by atoms with Crippen molar-refractivity contribution in [1.82, 2.24) is 14.9 Å². The summed E-state index contributed by atoms with van der Waals surface area (Å²) < 4.78 is 0. The van der Waals surface area contributed by atoms with Gasteiger partial charge in [-0.25, -0.2) is 9.78 Å². The van der Waals surface area contributed by atoms with Crippen LogP contribution in [0.2, 0.25) is 5.15 Å². The predicted molar refractivity (Wildman–Crippen MR) is 84.9 cm³/mol. The largest absolute Gasteiger partial charge is 0.465 e.